The Balaban J connectivity index is -0.000000767. The summed E-state index contributed by atoms with van der Waals surface area (Å²) < 4.78 is 23.8. The van der Waals surface area contributed by atoms with Crippen LogP contribution in [0.15, 0.2) is 127 Å². The van der Waals surface area contributed by atoms with Crippen molar-refractivity contribution in [2.45, 2.75) is 26.7 Å². The molecule has 4 rings (SSSR count). The minimum absolute atomic E-state index is 0. The number of carbonyl (C=O) groups is 4. The molecule has 3 aromatic rings. The molecule has 1 aliphatic rings. The number of benzene rings is 3. The van der Waals surface area contributed by atoms with Crippen LogP contribution in [0.3, 0.4) is 0 Å². The number of esters is 2. The van der Waals surface area contributed by atoms with Crippen LogP contribution in [0.5, 0.6) is 0 Å². The average Bonchev–Trinajstić information content (AvgIpc) is 3.30. The van der Waals surface area contributed by atoms with Gasteiger partial charge in [0.2, 0.25) is 0 Å². The third kappa shape index (κ3) is 28.0. The molecular formula is C46H63N4O11PS4Zn. The summed E-state index contributed by atoms with van der Waals surface area (Å²) in [6.45, 7) is 10.7. The second-order valence-corrected chi connectivity index (χ2v) is 17.9. The van der Waals surface area contributed by atoms with E-state index in [1.165, 1.54) is 36.2 Å². The first-order valence-electron chi connectivity index (χ1n) is 20.0. The van der Waals surface area contributed by atoms with E-state index in [4.69, 9.17) is 14.9 Å². The summed E-state index contributed by atoms with van der Waals surface area (Å²) in [6, 6.07) is 32.3. The van der Waals surface area contributed by atoms with Gasteiger partial charge in [-0.1, -0.05) is 122 Å². The number of aliphatic hydroxyl groups excluding tert-OH is 2. The maximum absolute atomic E-state index is 11.2. The zero-order valence-corrected chi connectivity index (χ0v) is 46.7. The number of carbonyl (C=O) groups excluding carboxylic acids is 4. The van der Waals surface area contributed by atoms with Crippen LogP contribution in [0.4, 0.5) is 9.59 Å². The van der Waals surface area contributed by atoms with Crippen LogP contribution in [0.1, 0.15) is 26.7 Å². The molecule has 21 heteroatoms. The monoisotopic (exact) mass is 1070 g/mol. The fourth-order valence-corrected chi connectivity index (χ4v) is 6.91. The van der Waals surface area contributed by atoms with Gasteiger partial charge in [0.25, 0.3) is 0 Å². The van der Waals surface area contributed by atoms with Gasteiger partial charge in [-0.3, -0.25) is 9.59 Å². The van der Waals surface area contributed by atoms with E-state index in [-0.39, 0.29) is 45.1 Å². The van der Waals surface area contributed by atoms with Gasteiger partial charge in [-0.2, -0.15) is 0 Å². The van der Waals surface area contributed by atoms with Crippen molar-refractivity contribution >= 4 is 106 Å². The molecule has 0 bridgehead atoms. The third-order valence-corrected chi connectivity index (χ3v) is 12.1. The zero-order valence-electron chi connectivity index (χ0n) is 39.5. The zero-order chi connectivity index (χ0) is 50.6. The molecule has 1 fully saturated rings. The second-order valence-electron chi connectivity index (χ2n) is 13.6. The molecule has 3 aromatic carbocycles. The number of rotatable bonds is 13. The summed E-state index contributed by atoms with van der Waals surface area (Å²) in [6.07, 6.45) is 2.23. The minimum Gasteiger partial charge on any atom is -0.468 e. The maximum atomic E-state index is 11.2. The fourth-order valence-electron chi connectivity index (χ4n) is 4.61. The Bertz CT molecular complexity index is 1780. The van der Waals surface area contributed by atoms with Crippen LogP contribution in [-0.4, -0.2) is 135 Å². The number of ether oxygens (including phenoxy) is 5. The van der Waals surface area contributed by atoms with Crippen molar-refractivity contribution in [3.05, 3.63) is 116 Å². The smallest absolute Gasteiger partial charge is 0.468 e. The molecule has 1 aliphatic heterocycles. The minimum atomic E-state index is -1.23. The number of methoxy groups -OCH3 is 2. The van der Waals surface area contributed by atoms with E-state index in [9.17, 15) is 19.2 Å². The molecule has 0 saturated carbocycles. The molecule has 67 heavy (non-hydrogen) atoms. The number of azo groups is 1. The number of allylic oxidation sites excluding steroid dienone is 2. The molecule has 0 atom stereocenters. The SMILES string of the molecule is C=CCC(CO)(CO)C(=O)OC.C=CCC1(C(=O)OC)COC1.CCOC(=O)N=NC(=O)OCC.CN(C)C(=S)[S-].CN(C)C(=S)[S-].[Zn+2].c1ccc(P(c2ccccc2)c2ccccc2)cc1. The van der Waals surface area contributed by atoms with E-state index in [1.807, 2.05) is 28.2 Å². The van der Waals surface area contributed by atoms with Crippen molar-refractivity contribution in [3.8, 4) is 0 Å². The van der Waals surface area contributed by atoms with Crippen molar-refractivity contribution < 1.29 is 72.6 Å². The summed E-state index contributed by atoms with van der Waals surface area (Å²) in [4.78, 5) is 46.6. The van der Waals surface area contributed by atoms with Gasteiger partial charge in [-0.05, 0) is 50.5 Å². The van der Waals surface area contributed by atoms with Crippen molar-refractivity contribution in [3.63, 3.8) is 0 Å². The topological polar surface area (TPSA) is 186 Å². The van der Waals surface area contributed by atoms with Gasteiger partial charge < -0.3 is 93.4 Å². The third-order valence-electron chi connectivity index (χ3n) is 8.19. The molecule has 2 amide bonds. The number of hydrogen-bond acceptors (Lipinski definition) is 15. The van der Waals surface area contributed by atoms with Crippen molar-refractivity contribution in [2.75, 3.05) is 82.1 Å². The van der Waals surface area contributed by atoms with E-state index in [2.05, 4.69) is 183 Å². The molecule has 0 unspecified atom stereocenters. The van der Waals surface area contributed by atoms with Gasteiger partial charge in [0.05, 0.1) is 53.9 Å². The first-order chi connectivity index (χ1) is 31.3. The maximum Gasteiger partial charge on any atom is 2.00 e. The Hall–Kier alpha value is -4.23. The van der Waals surface area contributed by atoms with E-state index in [0.717, 1.165) is 0 Å². The quantitative estimate of drug-likeness (QED) is 0.0279. The molecule has 364 valence electrons. The van der Waals surface area contributed by atoms with Gasteiger partial charge >= 0.3 is 43.6 Å². The van der Waals surface area contributed by atoms with E-state index < -0.39 is 50.1 Å². The van der Waals surface area contributed by atoms with Crippen LogP contribution in [0, 0.1) is 10.8 Å². The average molecular weight is 1070 g/mol. The van der Waals surface area contributed by atoms with E-state index >= 15 is 0 Å². The molecule has 0 aromatic heterocycles. The van der Waals surface area contributed by atoms with Crippen molar-refractivity contribution in [2.24, 2.45) is 21.1 Å². The van der Waals surface area contributed by atoms with Crippen LogP contribution < -0.4 is 15.9 Å². The Labute approximate surface area is 432 Å². The molecule has 0 radical (unpaired) electrons. The summed E-state index contributed by atoms with van der Waals surface area (Å²) in [7, 11) is 9.48. The Kier molecular flexibility index (Phi) is 39.8. The van der Waals surface area contributed by atoms with Crippen molar-refractivity contribution in [1.82, 2.24) is 9.80 Å². The van der Waals surface area contributed by atoms with Gasteiger partial charge in [-0.25, -0.2) is 9.59 Å². The number of nitrogens with zero attached hydrogens (tertiary/aromatic N) is 4. The largest absolute Gasteiger partial charge is 2.00 e. The molecule has 1 heterocycles. The van der Waals surface area contributed by atoms with Crippen molar-refractivity contribution in [1.29, 1.82) is 0 Å². The molecular weight excluding hydrogens is 1010 g/mol. The first-order valence-corrected chi connectivity index (χ1v) is 23.0. The van der Waals surface area contributed by atoms with Gasteiger partial charge in [0.15, 0.2) is 0 Å². The number of amides is 2. The van der Waals surface area contributed by atoms with Crippen LogP contribution in [0.25, 0.3) is 0 Å². The predicted octanol–water partition coefficient (Wildman–Crippen LogP) is 6.41. The normalized spacial score (nSPS) is 11.4. The number of thiocarbonyl (C=S) groups is 2. The number of hydrogen-bond donors (Lipinski definition) is 2. The summed E-state index contributed by atoms with van der Waals surface area (Å²) in [5.41, 5.74) is -1.65. The fraction of sp³-hybridized carbons (Fsp3) is 0.391. The molecule has 15 nitrogen and oxygen atoms in total. The predicted molar refractivity (Wildman–Crippen MR) is 275 cm³/mol. The Morgan fingerprint density at radius 3 is 1.28 bits per heavy atom. The van der Waals surface area contributed by atoms with E-state index in [0.29, 0.717) is 28.3 Å². The Morgan fingerprint density at radius 2 is 1.07 bits per heavy atom. The molecule has 0 aliphatic carbocycles. The molecule has 0 spiro atoms. The summed E-state index contributed by atoms with van der Waals surface area (Å²) in [5.74, 6) is -0.809. The van der Waals surface area contributed by atoms with Crippen LogP contribution in [-0.2, 0) is 78.0 Å². The molecule has 1 saturated heterocycles. The number of aliphatic hydroxyl groups is 2. The van der Waals surface area contributed by atoms with Gasteiger partial charge in [0.1, 0.15) is 10.8 Å². The van der Waals surface area contributed by atoms with Crippen LogP contribution in [0.2, 0.25) is 0 Å². The Morgan fingerprint density at radius 1 is 0.731 bits per heavy atom. The van der Waals surface area contributed by atoms with Gasteiger partial charge in [0, 0.05) is 28.2 Å². The summed E-state index contributed by atoms with van der Waals surface area (Å²) >= 11 is 18.2. The molecule has 2 N–H and O–H groups in total. The second kappa shape index (κ2) is 39.7. The summed E-state index contributed by atoms with van der Waals surface area (Å²) in [5, 5.41) is 27.8. The first kappa shape index (κ1) is 67.0. The standard InChI is InChI=1S/C18H15P.C8H14O4.C8H12O3.C6H10N2O4.2C3H7NS2.Zn/c1-4-10-16(11-5-1)19(17-12-6-2-7-13-17)18-14-8-3-9-15-18;1-3-4-8(5-9,6-10)7(11)12-2;1-3-4-8(5-11-6-8)7(9)10-2;1-3-11-5(9)7-8-6(10)12-4-2;2*1-4(2)3(5)6;/h1-15H;3,9-10H,1,4-6H2,2H3;3H,1,4-6H2,2H3;3-4H2,1-2H3;2*1-2H3,(H,5,6);/q;;;;;;+2/p-2. The van der Waals surface area contributed by atoms with E-state index in [1.54, 1.807) is 29.7 Å². The van der Waals surface area contributed by atoms with Crippen LogP contribution >= 0.6 is 32.4 Å². The van der Waals surface area contributed by atoms with Gasteiger partial charge in [-0.15, -0.1) is 13.2 Å².